The minimum absolute atomic E-state index is 0.0160. The lowest BCUT2D eigenvalue weighted by molar-refractivity contribution is 0.510. The topological polar surface area (TPSA) is 6.48 Å². The van der Waals surface area contributed by atoms with Crippen molar-refractivity contribution in [1.29, 1.82) is 0 Å². The highest BCUT2D eigenvalue weighted by Gasteiger charge is 2.31. The summed E-state index contributed by atoms with van der Waals surface area (Å²) >= 11 is 0. The fourth-order valence-electron chi connectivity index (χ4n) is 9.90. The van der Waals surface area contributed by atoms with Crippen LogP contribution in [0.1, 0.15) is 106 Å². The highest BCUT2D eigenvalue weighted by Crippen LogP contribution is 2.52. The molecule has 2 nitrogen and oxygen atoms in total. The van der Waals surface area contributed by atoms with Crippen LogP contribution in [0.25, 0.3) is 43.8 Å². The number of anilines is 5. The molecule has 0 saturated heterocycles. The van der Waals surface area contributed by atoms with Gasteiger partial charge < -0.3 is 9.80 Å². The van der Waals surface area contributed by atoms with Gasteiger partial charge in [-0.05, 0) is 121 Å². The molecule has 0 saturated carbocycles. The monoisotopic (exact) mass is 891 g/mol. The Morgan fingerprint density at radius 2 is 0.765 bits per heavy atom. The van der Waals surface area contributed by atoms with E-state index in [-0.39, 0.29) is 27.7 Å². The molecule has 0 N–H and O–H groups in total. The van der Waals surface area contributed by atoms with Gasteiger partial charge in [0.05, 0.1) is 17.4 Å². The van der Waals surface area contributed by atoms with Crippen molar-refractivity contribution >= 4 is 50.0 Å². The van der Waals surface area contributed by atoms with Crippen LogP contribution in [0, 0.1) is 5.41 Å². The number of nitrogens with zero attached hydrogens (tertiary/aromatic N) is 2. The van der Waals surface area contributed by atoms with E-state index in [0.717, 1.165) is 17.8 Å². The van der Waals surface area contributed by atoms with E-state index in [0.29, 0.717) is 0 Å². The molecule has 9 rings (SSSR count). The molecule has 344 valence electrons. The van der Waals surface area contributed by atoms with Crippen LogP contribution in [0.15, 0.2) is 194 Å². The second-order valence-corrected chi connectivity index (χ2v) is 23.1. The molecule has 0 amide bonds. The molecule has 0 aliphatic heterocycles. The van der Waals surface area contributed by atoms with Crippen molar-refractivity contribution in [3.05, 3.63) is 210 Å². The van der Waals surface area contributed by atoms with E-state index in [4.69, 9.17) is 0 Å². The van der Waals surface area contributed by atoms with E-state index in [2.05, 4.69) is 281 Å². The van der Waals surface area contributed by atoms with Crippen molar-refractivity contribution in [2.45, 2.75) is 112 Å². The van der Waals surface area contributed by atoms with E-state index >= 15 is 0 Å². The van der Waals surface area contributed by atoms with Crippen LogP contribution in [-0.2, 0) is 16.2 Å². The van der Waals surface area contributed by atoms with Gasteiger partial charge in [0.15, 0.2) is 0 Å². The largest absolute Gasteiger partial charge is 0.333 e. The third-order valence-corrected chi connectivity index (χ3v) is 14.0. The molecule has 0 radical (unpaired) electrons. The Hall–Kier alpha value is -6.64. The average Bonchev–Trinajstić information content (AvgIpc) is 3.32. The maximum absolute atomic E-state index is 2.66. The van der Waals surface area contributed by atoms with Gasteiger partial charge in [0, 0.05) is 38.6 Å². The molecule has 0 spiro atoms. The van der Waals surface area contributed by atoms with Crippen LogP contribution < -0.4 is 9.80 Å². The van der Waals surface area contributed by atoms with Gasteiger partial charge in [-0.15, -0.1) is 0 Å². The van der Waals surface area contributed by atoms with Crippen LogP contribution in [0.2, 0.25) is 0 Å². The third-order valence-electron chi connectivity index (χ3n) is 14.0. The molecule has 0 aromatic heterocycles. The molecule has 0 fully saturated rings. The Bertz CT molecular complexity index is 3070. The normalized spacial score (nSPS) is 14.6. The summed E-state index contributed by atoms with van der Waals surface area (Å²) in [7, 11) is 0. The second kappa shape index (κ2) is 17.8. The highest BCUT2D eigenvalue weighted by atomic mass is 15.2. The zero-order valence-corrected chi connectivity index (χ0v) is 42.6. The van der Waals surface area contributed by atoms with Crippen molar-refractivity contribution < 1.29 is 0 Å². The zero-order valence-electron chi connectivity index (χ0n) is 42.6. The lowest BCUT2D eigenvalue weighted by Gasteiger charge is -2.38. The minimum atomic E-state index is 0.0160. The molecule has 2 heteroatoms. The van der Waals surface area contributed by atoms with E-state index in [1.54, 1.807) is 0 Å². The predicted octanol–water partition coefficient (Wildman–Crippen LogP) is 19.1. The fraction of sp³-hybridized carbons (Fsp3) is 0.273. The van der Waals surface area contributed by atoms with Crippen molar-refractivity contribution in [2.24, 2.45) is 5.41 Å². The quantitative estimate of drug-likeness (QED) is 0.111. The van der Waals surface area contributed by atoms with Gasteiger partial charge in [-0.3, -0.25) is 0 Å². The van der Waals surface area contributed by atoms with Crippen LogP contribution in [0.5, 0.6) is 0 Å². The lowest BCUT2D eigenvalue weighted by atomic mass is 9.82. The number of rotatable bonds is 8. The summed E-state index contributed by atoms with van der Waals surface area (Å²) in [5.41, 5.74) is 16.0. The smallest absolute Gasteiger partial charge is 0.0620 e. The molecule has 0 heterocycles. The summed E-state index contributed by atoms with van der Waals surface area (Å²) in [6, 6.07) is 64.3. The Morgan fingerprint density at radius 1 is 0.368 bits per heavy atom. The summed E-state index contributed by atoms with van der Waals surface area (Å²) in [5, 5.41) is 4.81. The van der Waals surface area contributed by atoms with Gasteiger partial charge in [-0.2, -0.15) is 0 Å². The first kappa shape index (κ1) is 46.5. The third kappa shape index (κ3) is 9.31. The molecule has 8 aromatic carbocycles. The van der Waals surface area contributed by atoms with Crippen molar-refractivity contribution in [3.63, 3.8) is 0 Å². The molecule has 68 heavy (non-hydrogen) atoms. The second-order valence-electron chi connectivity index (χ2n) is 23.1. The number of hydrogen-bond donors (Lipinski definition) is 0. The van der Waals surface area contributed by atoms with Gasteiger partial charge in [-0.25, -0.2) is 0 Å². The summed E-state index contributed by atoms with van der Waals surface area (Å²) in [6.07, 6.45) is 8.22. The maximum atomic E-state index is 2.66. The van der Waals surface area contributed by atoms with Crippen molar-refractivity contribution in [2.75, 3.05) is 9.80 Å². The molecule has 0 bridgehead atoms. The Morgan fingerprint density at radius 3 is 1.15 bits per heavy atom. The first-order valence-corrected chi connectivity index (χ1v) is 24.7. The van der Waals surface area contributed by atoms with Crippen LogP contribution in [0.4, 0.5) is 28.4 Å². The molecule has 8 aromatic rings. The molecule has 1 atom stereocenters. The van der Waals surface area contributed by atoms with Crippen LogP contribution >= 0.6 is 0 Å². The van der Waals surface area contributed by atoms with Gasteiger partial charge in [-0.1, -0.05) is 223 Å². The number of allylic oxidation sites excluding steroid dienone is 2. The highest BCUT2D eigenvalue weighted by molar-refractivity contribution is 6.23. The van der Waals surface area contributed by atoms with Gasteiger partial charge in [0.1, 0.15) is 0 Å². The number of benzene rings is 8. The summed E-state index contributed by atoms with van der Waals surface area (Å²) in [5.74, 6) is 0. The standard InChI is InChI=1S/C66H70N2/c1-63(2,3)49-25-33-53(34-26-49)67(54-35-27-50(28-36-54)64(4,5)6)61-57-41-23-48(46-21-17-14-18-22-46)44-60(57)62(58-42-24-47(43-59(58)61)45-19-15-13-16-20-45)68(55-37-29-51(30-38-55)65(7,8)9)56-39-31-52(32-40-56)66(10,11)12/h13-39,41-44,56H,40H2,1-12H3. The van der Waals surface area contributed by atoms with Gasteiger partial charge >= 0.3 is 0 Å². The maximum Gasteiger partial charge on any atom is 0.0620 e. The molecule has 1 aliphatic carbocycles. The van der Waals surface area contributed by atoms with Crippen LogP contribution in [-0.4, -0.2) is 6.04 Å². The Kier molecular flexibility index (Phi) is 12.2. The van der Waals surface area contributed by atoms with E-state index in [1.165, 1.54) is 83.1 Å². The SMILES string of the molecule is CC(C)(C)C1=CCC(N(c2ccc(C(C)(C)C)cc2)c2c3ccc(-c4ccccc4)cc3c(N(c3ccc(C(C)(C)C)cc3)c3ccc(C(C)(C)C)cc3)c3ccc(-c4ccccc4)cc23)C=C1. The molecular formula is C66H70N2. The van der Waals surface area contributed by atoms with Gasteiger partial charge in [0.25, 0.3) is 0 Å². The molecule has 1 unspecified atom stereocenters. The average molecular weight is 891 g/mol. The van der Waals surface area contributed by atoms with Crippen LogP contribution in [0.3, 0.4) is 0 Å². The lowest BCUT2D eigenvalue weighted by Crippen LogP contribution is -2.31. The van der Waals surface area contributed by atoms with E-state index < -0.39 is 0 Å². The number of fused-ring (bicyclic) bond motifs is 2. The summed E-state index contributed by atoms with van der Waals surface area (Å²) in [6.45, 7) is 27.6. The summed E-state index contributed by atoms with van der Waals surface area (Å²) in [4.78, 5) is 5.19. The van der Waals surface area contributed by atoms with E-state index in [1.807, 2.05) is 0 Å². The van der Waals surface area contributed by atoms with E-state index in [9.17, 15) is 0 Å². The fourth-order valence-corrected chi connectivity index (χ4v) is 9.90. The minimum Gasteiger partial charge on any atom is -0.333 e. The molecule has 1 aliphatic rings. The Balaban J connectivity index is 1.43. The Labute approximate surface area is 407 Å². The van der Waals surface area contributed by atoms with Gasteiger partial charge in [0.2, 0.25) is 0 Å². The zero-order chi connectivity index (χ0) is 48.2. The van der Waals surface area contributed by atoms with Crippen molar-refractivity contribution in [3.8, 4) is 22.3 Å². The summed E-state index contributed by atoms with van der Waals surface area (Å²) < 4.78 is 0. The van der Waals surface area contributed by atoms with Crippen molar-refractivity contribution in [1.82, 2.24) is 0 Å². The number of hydrogen-bond acceptors (Lipinski definition) is 2. The first-order chi connectivity index (χ1) is 32.3. The predicted molar refractivity (Wildman–Crippen MR) is 297 cm³/mol. The first-order valence-electron chi connectivity index (χ1n) is 24.7. The molecular weight excluding hydrogens is 821 g/mol.